The van der Waals surface area contributed by atoms with Crippen molar-refractivity contribution in [2.24, 2.45) is 10.7 Å². The van der Waals surface area contributed by atoms with E-state index in [0.717, 1.165) is 16.8 Å². The van der Waals surface area contributed by atoms with Crippen LogP contribution in [0.4, 0.5) is 18.9 Å². The molecule has 26 heavy (non-hydrogen) atoms. The summed E-state index contributed by atoms with van der Waals surface area (Å²) in [5.74, 6) is -0.000429. The van der Waals surface area contributed by atoms with Gasteiger partial charge < -0.3 is 20.7 Å². The summed E-state index contributed by atoms with van der Waals surface area (Å²) in [5, 5.41) is 2.93. The van der Waals surface area contributed by atoms with E-state index in [1.54, 1.807) is 0 Å². The number of aliphatic imine (C=N–C) groups is 1. The Bertz CT molecular complexity index is 743. The highest BCUT2D eigenvalue weighted by atomic mass is 19.4. The molecular formula is C18H21F3N4O. The van der Waals surface area contributed by atoms with Gasteiger partial charge in [-0.05, 0) is 35.4 Å². The standard InChI is InChI=1S/C18H21F3N4O/c1-25(2)15-5-3-4-14(10-15)12-24-17(22)23-11-13-6-8-16(9-7-13)26-18(19,20)21/h3-10H,11-12H2,1-2H3,(H3,22,23,24). The average molecular weight is 366 g/mol. The first-order valence-corrected chi connectivity index (χ1v) is 7.88. The van der Waals surface area contributed by atoms with E-state index < -0.39 is 6.36 Å². The lowest BCUT2D eigenvalue weighted by Crippen LogP contribution is -2.31. The molecule has 2 aromatic carbocycles. The maximum atomic E-state index is 12.1. The molecule has 0 spiro atoms. The summed E-state index contributed by atoms with van der Waals surface area (Å²) in [6.07, 6.45) is -4.69. The van der Waals surface area contributed by atoms with Crippen LogP contribution in [0.25, 0.3) is 0 Å². The monoisotopic (exact) mass is 366 g/mol. The number of ether oxygens (including phenoxy) is 1. The van der Waals surface area contributed by atoms with Crippen molar-refractivity contribution in [2.75, 3.05) is 19.0 Å². The Balaban J connectivity index is 1.87. The van der Waals surface area contributed by atoms with Crippen LogP contribution < -0.4 is 20.7 Å². The lowest BCUT2D eigenvalue weighted by Gasteiger charge is -2.13. The van der Waals surface area contributed by atoms with Crippen molar-refractivity contribution in [1.29, 1.82) is 0 Å². The lowest BCUT2D eigenvalue weighted by atomic mass is 10.2. The Morgan fingerprint density at radius 3 is 2.42 bits per heavy atom. The van der Waals surface area contributed by atoms with Crippen LogP contribution in [0.5, 0.6) is 5.75 Å². The zero-order chi connectivity index (χ0) is 19.2. The van der Waals surface area contributed by atoms with Gasteiger partial charge in [-0.3, -0.25) is 0 Å². The molecule has 0 aromatic heterocycles. The zero-order valence-corrected chi connectivity index (χ0v) is 14.5. The van der Waals surface area contributed by atoms with Crippen molar-refractivity contribution in [3.05, 3.63) is 59.7 Å². The maximum absolute atomic E-state index is 12.1. The highest BCUT2D eigenvalue weighted by Gasteiger charge is 2.30. The summed E-state index contributed by atoms with van der Waals surface area (Å²) in [7, 11) is 3.92. The Morgan fingerprint density at radius 1 is 1.12 bits per heavy atom. The summed E-state index contributed by atoms with van der Waals surface area (Å²) in [5.41, 5.74) is 8.69. The molecule has 0 heterocycles. The predicted molar refractivity (Wildman–Crippen MR) is 96.1 cm³/mol. The average Bonchev–Trinajstić information content (AvgIpc) is 2.58. The summed E-state index contributed by atoms with van der Waals surface area (Å²) >= 11 is 0. The van der Waals surface area contributed by atoms with Crippen molar-refractivity contribution in [3.63, 3.8) is 0 Å². The Morgan fingerprint density at radius 2 is 1.81 bits per heavy atom. The molecule has 0 unspecified atom stereocenters. The van der Waals surface area contributed by atoms with Crippen LogP contribution in [0.3, 0.4) is 0 Å². The highest BCUT2D eigenvalue weighted by molar-refractivity contribution is 5.77. The number of halogens is 3. The second kappa shape index (κ2) is 8.46. The smallest absolute Gasteiger partial charge is 0.406 e. The molecule has 0 amide bonds. The number of hydrogen-bond acceptors (Lipinski definition) is 3. The SMILES string of the molecule is CN(C)c1cccc(CN=C(N)NCc2ccc(OC(F)(F)F)cc2)c1. The minimum absolute atomic E-state index is 0.260. The van der Waals surface area contributed by atoms with Crippen LogP contribution in [0.15, 0.2) is 53.5 Å². The normalized spacial score (nSPS) is 12.0. The number of guanidine groups is 1. The number of nitrogens with two attached hydrogens (primary N) is 1. The number of hydrogen-bond donors (Lipinski definition) is 2. The van der Waals surface area contributed by atoms with Crippen molar-refractivity contribution in [2.45, 2.75) is 19.5 Å². The Kier molecular flexibility index (Phi) is 6.32. The third kappa shape index (κ3) is 6.54. The van der Waals surface area contributed by atoms with Crippen LogP contribution in [-0.2, 0) is 13.1 Å². The quantitative estimate of drug-likeness (QED) is 0.609. The van der Waals surface area contributed by atoms with E-state index in [2.05, 4.69) is 15.0 Å². The van der Waals surface area contributed by atoms with Gasteiger partial charge >= 0.3 is 6.36 Å². The van der Waals surface area contributed by atoms with E-state index >= 15 is 0 Å². The second-order valence-electron chi connectivity index (χ2n) is 5.81. The molecule has 2 rings (SSSR count). The molecule has 3 N–H and O–H groups in total. The highest BCUT2D eigenvalue weighted by Crippen LogP contribution is 2.22. The number of nitrogens with one attached hydrogen (secondary N) is 1. The summed E-state index contributed by atoms with van der Waals surface area (Å²) in [6, 6.07) is 13.5. The molecule has 0 aliphatic rings. The molecule has 0 bridgehead atoms. The molecule has 5 nitrogen and oxygen atoms in total. The van der Waals surface area contributed by atoms with Gasteiger partial charge in [0.25, 0.3) is 0 Å². The minimum Gasteiger partial charge on any atom is -0.406 e. The third-order valence-corrected chi connectivity index (χ3v) is 3.49. The first-order chi connectivity index (χ1) is 12.2. The zero-order valence-electron chi connectivity index (χ0n) is 14.5. The molecule has 0 atom stereocenters. The predicted octanol–water partition coefficient (Wildman–Crippen LogP) is 3.26. The van der Waals surface area contributed by atoms with E-state index in [1.807, 2.05) is 43.3 Å². The maximum Gasteiger partial charge on any atom is 0.573 e. The van der Waals surface area contributed by atoms with E-state index in [0.29, 0.717) is 13.1 Å². The molecular weight excluding hydrogens is 345 g/mol. The lowest BCUT2D eigenvalue weighted by molar-refractivity contribution is -0.274. The number of rotatable bonds is 6. The Hall–Kier alpha value is -2.90. The molecule has 140 valence electrons. The topological polar surface area (TPSA) is 62.9 Å². The van der Waals surface area contributed by atoms with Gasteiger partial charge in [0.05, 0.1) is 6.54 Å². The van der Waals surface area contributed by atoms with Crippen LogP contribution >= 0.6 is 0 Å². The molecule has 2 aromatic rings. The van der Waals surface area contributed by atoms with E-state index in [9.17, 15) is 13.2 Å². The van der Waals surface area contributed by atoms with E-state index in [4.69, 9.17) is 5.73 Å². The molecule has 0 aliphatic carbocycles. The molecule has 0 saturated carbocycles. The van der Waals surface area contributed by atoms with Gasteiger partial charge in [0.15, 0.2) is 5.96 Å². The fraction of sp³-hybridized carbons (Fsp3) is 0.278. The fourth-order valence-corrected chi connectivity index (χ4v) is 2.17. The van der Waals surface area contributed by atoms with Gasteiger partial charge in [-0.25, -0.2) is 4.99 Å². The van der Waals surface area contributed by atoms with Crippen LogP contribution in [0, 0.1) is 0 Å². The second-order valence-corrected chi connectivity index (χ2v) is 5.81. The van der Waals surface area contributed by atoms with Crippen molar-refractivity contribution in [3.8, 4) is 5.75 Å². The molecule has 0 saturated heterocycles. The number of anilines is 1. The van der Waals surface area contributed by atoms with Gasteiger partial charge in [-0.2, -0.15) is 0 Å². The van der Waals surface area contributed by atoms with Crippen molar-refractivity contribution >= 4 is 11.6 Å². The molecule has 8 heteroatoms. The number of alkyl halides is 3. The largest absolute Gasteiger partial charge is 0.573 e. The summed E-state index contributed by atoms with van der Waals surface area (Å²) < 4.78 is 40.2. The van der Waals surface area contributed by atoms with Gasteiger partial charge in [0.2, 0.25) is 0 Å². The van der Waals surface area contributed by atoms with Crippen LogP contribution in [0.1, 0.15) is 11.1 Å². The van der Waals surface area contributed by atoms with Crippen LogP contribution in [-0.4, -0.2) is 26.4 Å². The molecule has 0 aliphatic heterocycles. The van der Waals surface area contributed by atoms with E-state index in [1.165, 1.54) is 24.3 Å². The summed E-state index contributed by atoms with van der Waals surface area (Å²) in [4.78, 5) is 6.27. The number of benzene rings is 2. The van der Waals surface area contributed by atoms with Gasteiger partial charge in [0.1, 0.15) is 5.75 Å². The summed E-state index contributed by atoms with van der Waals surface area (Å²) in [6.45, 7) is 0.776. The van der Waals surface area contributed by atoms with Crippen molar-refractivity contribution in [1.82, 2.24) is 5.32 Å². The van der Waals surface area contributed by atoms with E-state index in [-0.39, 0.29) is 11.7 Å². The van der Waals surface area contributed by atoms with Crippen molar-refractivity contribution < 1.29 is 17.9 Å². The molecule has 0 fully saturated rings. The van der Waals surface area contributed by atoms with Gasteiger partial charge in [-0.15, -0.1) is 13.2 Å². The van der Waals surface area contributed by atoms with Gasteiger partial charge in [-0.1, -0.05) is 24.3 Å². The van der Waals surface area contributed by atoms with Crippen LogP contribution in [0.2, 0.25) is 0 Å². The third-order valence-electron chi connectivity index (χ3n) is 3.49. The minimum atomic E-state index is -4.69. The first-order valence-electron chi connectivity index (χ1n) is 7.88. The first kappa shape index (κ1) is 19.4. The molecule has 0 radical (unpaired) electrons. The fourth-order valence-electron chi connectivity index (χ4n) is 2.17. The number of nitrogens with zero attached hydrogens (tertiary/aromatic N) is 2. The Labute approximate surface area is 150 Å². The van der Waals surface area contributed by atoms with Gasteiger partial charge in [0, 0.05) is 26.3 Å².